The van der Waals surface area contributed by atoms with Gasteiger partial charge in [-0.25, -0.2) is 0 Å². The summed E-state index contributed by atoms with van der Waals surface area (Å²) in [6.07, 6.45) is 2.13. The van der Waals surface area contributed by atoms with Gasteiger partial charge < -0.3 is 10.8 Å². The molecule has 0 radical (unpaired) electrons. The first kappa shape index (κ1) is 14.2. The number of rotatable bonds is 4. The van der Waals surface area contributed by atoms with Crippen LogP contribution in [0.5, 0.6) is 0 Å². The molecule has 0 aliphatic heterocycles. The molecule has 1 unspecified atom stereocenters. The number of pyridine rings is 1. The van der Waals surface area contributed by atoms with Gasteiger partial charge in [-0.3, -0.25) is 9.78 Å². The van der Waals surface area contributed by atoms with Gasteiger partial charge in [0.1, 0.15) is 6.04 Å². The van der Waals surface area contributed by atoms with Gasteiger partial charge in [-0.1, -0.05) is 24.3 Å². The van der Waals surface area contributed by atoms with Crippen LogP contribution in [0.4, 0.5) is 0 Å². The Bertz CT molecular complexity index is 621. The van der Waals surface area contributed by atoms with Crippen LogP contribution in [0.3, 0.4) is 0 Å². The molecular formula is C16H18N2O2. The van der Waals surface area contributed by atoms with Gasteiger partial charge >= 0.3 is 5.97 Å². The highest BCUT2D eigenvalue weighted by atomic mass is 16.4. The Morgan fingerprint density at radius 2 is 1.90 bits per heavy atom. The lowest BCUT2D eigenvalue weighted by Crippen LogP contribution is -2.32. The summed E-state index contributed by atoms with van der Waals surface area (Å²) in [6, 6.07) is 8.96. The third-order valence-electron chi connectivity index (χ3n) is 3.49. The first-order valence-electron chi connectivity index (χ1n) is 6.49. The number of aryl methyl sites for hydroxylation is 1. The number of hydrogen-bond acceptors (Lipinski definition) is 3. The molecule has 0 spiro atoms. The molecule has 2 rings (SSSR count). The summed E-state index contributed by atoms with van der Waals surface area (Å²) >= 11 is 0. The van der Waals surface area contributed by atoms with E-state index in [0.717, 1.165) is 27.9 Å². The largest absolute Gasteiger partial charge is 0.480 e. The SMILES string of the molecule is Cc1nccc(-c2ccc(CC(N)C(=O)O)cc2)c1C. The zero-order valence-corrected chi connectivity index (χ0v) is 11.6. The van der Waals surface area contributed by atoms with Crippen LogP contribution < -0.4 is 5.73 Å². The predicted molar refractivity (Wildman–Crippen MR) is 78.5 cm³/mol. The quantitative estimate of drug-likeness (QED) is 0.894. The molecule has 0 aliphatic carbocycles. The van der Waals surface area contributed by atoms with Gasteiger partial charge in [0.05, 0.1) is 0 Å². The van der Waals surface area contributed by atoms with Crippen molar-refractivity contribution >= 4 is 5.97 Å². The van der Waals surface area contributed by atoms with Gasteiger partial charge in [-0.2, -0.15) is 0 Å². The van der Waals surface area contributed by atoms with Crippen LogP contribution in [0.2, 0.25) is 0 Å². The molecule has 20 heavy (non-hydrogen) atoms. The molecule has 1 atom stereocenters. The fourth-order valence-corrected chi connectivity index (χ4v) is 2.11. The van der Waals surface area contributed by atoms with Crippen LogP contribution in [-0.4, -0.2) is 22.1 Å². The highest BCUT2D eigenvalue weighted by Crippen LogP contribution is 2.24. The predicted octanol–water partition coefficient (Wildman–Crippen LogP) is 2.32. The Balaban J connectivity index is 2.24. The van der Waals surface area contributed by atoms with Crippen LogP contribution in [0.15, 0.2) is 36.5 Å². The van der Waals surface area contributed by atoms with E-state index in [0.29, 0.717) is 6.42 Å². The second kappa shape index (κ2) is 5.84. The molecule has 0 saturated carbocycles. The molecule has 0 bridgehead atoms. The standard InChI is InChI=1S/C16H18N2O2/c1-10-11(2)18-8-7-14(10)13-5-3-12(4-6-13)9-15(17)16(19)20/h3-8,15H,9,17H2,1-2H3,(H,19,20). The van der Waals surface area contributed by atoms with E-state index in [1.54, 1.807) is 6.20 Å². The van der Waals surface area contributed by atoms with Crippen molar-refractivity contribution in [3.63, 3.8) is 0 Å². The molecule has 4 heteroatoms. The molecule has 0 amide bonds. The third kappa shape index (κ3) is 3.03. The highest BCUT2D eigenvalue weighted by molar-refractivity contribution is 5.73. The minimum absolute atomic E-state index is 0.337. The Labute approximate surface area is 118 Å². The van der Waals surface area contributed by atoms with Crippen LogP contribution in [0.25, 0.3) is 11.1 Å². The monoisotopic (exact) mass is 270 g/mol. The molecule has 2 aromatic rings. The Hall–Kier alpha value is -2.20. The molecule has 0 saturated heterocycles. The Morgan fingerprint density at radius 3 is 2.50 bits per heavy atom. The number of hydrogen-bond donors (Lipinski definition) is 2. The van der Waals surface area contributed by atoms with Crippen molar-refractivity contribution in [3.05, 3.63) is 53.3 Å². The van der Waals surface area contributed by atoms with E-state index in [4.69, 9.17) is 10.8 Å². The second-order valence-corrected chi connectivity index (χ2v) is 4.91. The Kier molecular flexibility index (Phi) is 4.15. The van der Waals surface area contributed by atoms with Crippen molar-refractivity contribution in [2.24, 2.45) is 5.73 Å². The van der Waals surface area contributed by atoms with Gasteiger partial charge in [-0.15, -0.1) is 0 Å². The summed E-state index contributed by atoms with van der Waals surface area (Å²) < 4.78 is 0. The van der Waals surface area contributed by atoms with Crippen molar-refractivity contribution in [1.29, 1.82) is 0 Å². The zero-order chi connectivity index (χ0) is 14.7. The fraction of sp³-hybridized carbons (Fsp3) is 0.250. The van der Waals surface area contributed by atoms with Gasteiger partial charge in [-0.05, 0) is 48.6 Å². The molecule has 1 aromatic heterocycles. The molecule has 104 valence electrons. The molecule has 0 fully saturated rings. The summed E-state index contributed by atoms with van der Waals surface area (Å²) in [4.78, 5) is 15.0. The maximum absolute atomic E-state index is 10.7. The molecule has 4 nitrogen and oxygen atoms in total. The van der Waals surface area contributed by atoms with Crippen molar-refractivity contribution in [2.45, 2.75) is 26.3 Å². The molecule has 0 aliphatic rings. The van der Waals surface area contributed by atoms with Crippen LogP contribution in [0, 0.1) is 13.8 Å². The summed E-state index contributed by atoms with van der Waals surface area (Å²) in [6.45, 7) is 4.03. The van der Waals surface area contributed by atoms with E-state index in [-0.39, 0.29) is 0 Å². The number of carboxylic acids is 1. The van der Waals surface area contributed by atoms with E-state index in [2.05, 4.69) is 4.98 Å². The van der Waals surface area contributed by atoms with Crippen molar-refractivity contribution in [2.75, 3.05) is 0 Å². The average molecular weight is 270 g/mol. The molecule has 1 heterocycles. The highest BCUT2D eigenvalue weighted by Gasteiger charge is 2.12. The summed E-state index contributed by atoms with van der Waals surface area (Å²) in [5, 5.41) is 8.81. The third-order valence-corrected chi connectivity index (χ3v) is 3.49. The lowest BCUT2D eigenvalue weighted by molar-refractivity contribution is -0.138. The maximum atomic E-state index is 10.7. The number of carboxylic acid groups (broad SMARTS) is 1. The van der Waals surface area contributed by atoms with E-state index in [1.807, 2.05) is 44.2 Å². The molecular weight excluding hydrogens is 252 g/mol. The summed E-state index contributed by atoms with van der Waals surface area (Å²) in [5.74, 6) is -0.977. The minimum Gasteiger partial charge on any atom is -0.480 e. The van der Waals surface area contributed by atoms with Crippen molar-refractivity contribution < 1.29 is 9.90 Å². The van der Waals surface area contributed by atoms with Gasteiger partial charge in [0.25, 0.3) is 0 Å². The number of nitrogens with zero attached hydrogens (tertiary/aromatic N) is 1. The normalized spacial score (nSPS) is 12.2. The summed E-state index contributed by atoms with van der Waals surface area (Å²) in [7, 11) is 0. The lowest BCUT2D eigenvalue weighted by atomic mass is 9.98. The van der Waals surface area contributed by atoms with E-state index >= 15 is 0 Å². The topological polar surface area (TPSA) is 76.2 Å². The van der Waals surface area contributed by atoms with Gasteiger partial charge in [0.15, 0.2) is 0 Å². The first-order chi connectivity index (χ1) is 9.49. The lowest BCUT2D eigenvalue weighted by Gasteiger charge is -2.10. The number of aromatic nitrogens is 1. The fourth-order valence-electron chi connectivity index (χ4n) is 2.11. The molecule has 1 aromatic carbocycles. The van der Waals surface area contributed by atoms with Crippen molar-refractivity contribution in [3.8, 4) is 11.1 Å². The smallest absolute Gasteiger partial charge is 0.320 e. The Morgan fingerprint density at radius 1 is 1.25 bits per heavy atom. The molecule has 3 N–H and O–H groups in total. The van der Waals surface area contributed by atoms with Crippen LogP contribution in [0.1, 0.15) is 16.8 Å². The number of carbonyl (C=O) groups is 1. The summed E-state index contributed by atoms with van der Waals surface area (Å²) in [5.41, 5.74) is 10.9. The number of aliphatic carboxylic acids is 1. The first-order valence-corrected chi connectivity index (χ1v) is 6.49. The zero-order valence-electron chi connectivity index (χ0n) is 11.6. The number of nitrogens with two attached hydrogens (primary N) is 1. The average Bonchev–Trinajstić information content (AvgIpc) is 2.43. The minimum atomic E-state index is -0.977. The van der Waals surface area contributed by atoms with Gasteiger partial charge in [0.2, 0.25) is 0 Å². The maximum Gasteiger partial charge on any atom is 0.320 e. The van der Waals surface area contributed by atoms with E-state index < -0.39 is 12.0 Å². The van der Waals surface area contributed by atoms with Crippen LogP contribution >= 0.6 is 0 Å². The second-order valence-electron chi connectivity index (χ2n) is 4.91. The number of benzene rings is 1. The van der Waals surface area contributed by atoms with Crippen molar-refractivity contribution in [1.82, 2.24) is 4.98 Å². The van der Waals surface area contributed by atoms with Gasteiger partial charge in [0, 0.05) is 11.9 Å². The van der Waals surface area contributed by atoms with Crippen LogP contribution in [-0.2, 0) is 11.2 Å². The van der Waals surface area contributed by atoms with E-state index in [9.17, 15) is 4.79 Å². The van der Waals surface area contributed by atoms with E-state index in [1.165, 1.54) is 0 Å².